The molecule has 2 aromatic heterocycles. The molecule has 0 radical (unpaired) electrons. The Labute approximate surface area is 192 Å². The number of phenols is 1. The van der Waals surface area contributed by atoms with E-state index in [9.17, 15) is 9.90 Å². The lowest BCUT2D eigenvalue weighted by atomic mass is 10.2. The van der Waals surface area contributed by atoms with Crippen LogP contribution in [0.4, 0.5) is 0 Å². The second-order valence-electron chi connectivity index (χ2n) is 6.82. The first kappa shape index (κ1) is 19.7. The highest BCUT2D eigenvalue weighted by atomic mass is 79.9. The van der Waals surface area contributed by atoms with E-state index in [1.807, 2.05) is 30.3 Å². The predicted octanol–water partition coefficient (Wildman–Crippen LogP) is 5.92. The number of furan rings is 1. The van der Waals surface area contributed by atoms with Gasteiger partial charge in [0.1, 0.15) is 11.3 Å². The van der Waals surface area contributed by atoms with Crippen LogP contribution >= 0.6 is 31.9 Å². The van der Waals surface area contributed by atoms with Crippen LogP contribution in [0.2, 0.25) is 0 Å². The minimum atomic E-state index is -0.309. The highest BCUT2D eigenvalue weighted by Gasteiger charge is 2.16. The van der Waals surface area contributed by atoms with Crippen LogP contribution in [-0.2, 0) is 0 Å². The number of hydrogen-bond donors (Lipinski definition) is 1. The van der Waals surface area contributed by atoms with E-state index in [1.165, 1.54) is 10.9 Å². The first-order valence-electron chi connectivity index (χ1n) is 9.24. The number of aromatic hydroxyl groups is 1. The number of nitrogens with zero attached hydrogens (tertiary/aromatic N) is 3. The van der Waals surface area contributed by atoms with Crippen molar-refractivity contribution in [2.45, 2.75) is 0 Å². The molecule has 0 bridgehead atoms. The Hall–Kier alpha value is -3.23. The Morgan fingerprint density at radius 2 is 1.87 bits per heavy atom. The Kier molecular flexibility index (Phi) is 4.95. The molecular weight excluding hydrogens is 526 g/mol. The number of para-hydroxylation sites is 1. The summed E-state index contributed by atoms with van der Waals surface area (Å²) in [6.07, 6.45) is 1.53. The molecule has 0 aliphatic rings. The van der Waals surface area contributed by atoms with E-state index < -0.39 is 0 Å². The summed E-state index contributed by atoms with van der Waals surface area (Å²) in [4.78, 5) is 17.9. The van der Waals surface area contributed by atoms with Crippen LogP contribution in [0.3, 0.4) is 0 Å². The maximum atomic E-state index is 13.2. The SMILES string of the molecule is O=c1c2ccccc2nc(-c2cc3cc(Br)ccc3o2)n1N=Cc1ccc(O)c(Br)c1. The van der Waals surface area contributed by atoms with Crippen LogP contribution in [0, 0.1) is 0 Å². The second-order valence-corrected chi connectivity index (χ2v) is 8.59. The molecule has 152 valence electrons. The van der Waals surface area contributed by atoms with Gasteiger partial charge in [-0.05, 0) is 76.1 Å². The largest absolute Gasteiger partial charge is 0.507 e. The highest BCUT2D eigenvalue weighted by molar-refractivity contribution is 9.10. The van der Waals surface area contributed by atoms with Gasteiger partial charge in [-0.3, -0.25) is 4.79 Å². The second kappa shape index (κ2) is 7.79. The van der Waals surface area contributed by atoms with Crippen molar-refractivity contribution in [2.75, 3.05) is 0 Å². The molecule has 5 rings (SSSR count). The fraction of sp³-hybridized carbons (Fsp3) is 0. The third-order valence-corrected chi connectivity index (χ3v) is 5.87. The molecule has 5 aromatic rings. The normalized spacial score (nSPS) is 11.7. The Bertz CT molecular complexity index is 1550. The van der Waals surface area contributed by atoms with Crippen molar-refractivity contribution in [1.29, 1.82) is 0 Å². The van der Waals surface area contributed by atoms with Gasteiger partial charge in [-0.25, -0.2) is 4.98 Å². The molecule has 2 heterocycles. The van der Waals surface area contributed by atoms with Gasteiger partial charge in [-0.2, -0.15) is 9.78 Å². The number of halogens is 2. The summed E-state index contributed by atoms with van der Waals surface area (Å²) in [5.41, 5.74) is 1.63. The highest BCUT2D eigenvalue weighted by Crippen LogP contribution is 2.29. The molecule has 0 spiro atoms. The first-order valence-corrected chi connectivity index (χ1v) is 10.8. The molecule has 0 fully saturated rings. The molecule has 0 saturated heterocycles. The summed E-state index contributed by atoms with van der Waals surface area (Å²) in [6, 6.07) is 19.6. The van der Waals surface area contributed by atoms with Crippen molar-refractivity contribution < 1.29 is 9.52 Å². The zero-order valence-electron chi connectivity index (χ0n) is 15.8. The number of hydrogen-bond acceptors (Lipinski definition) is 5. The molecular formula is C23H13Br2N3O3. The lowest BCUT2D eigenvalue weighted by Crippen LogP contribution is -2.20. The Morgan fingerprint density at radius 3 is 2.71 bits per heavy atom. The molecule has 0 amide bonds. The van der Waals surface area contributed by atoms with Crippen molar-refractivity contribution >= 4 is 59.9 Å². The van der Waals surface area contributed by atoms with Gasteiger partial charge >= 0.3 is 0 Å². The molecule has 6 nitrogen and oxygen atoms in total. The summed E-state index contributed by atoms with van der Waals surface area (Å²) in [7, 11) is 0. The number of aromatic nitrogens is 2. The van der Waals surface area contributed by atoms with E-state index in [4.69, 9.17) is 4.42 Å². The van der Waals surface area contributed by atoms with Gasteiger partial charge in [0.2, 0.25) is 5.82 Å². The van der Waals surface area contributed by atoms with Crippen LogP contribution in [0.15, 0.2) is 90.0 Å². The van der Waals surface area contributed by atoms with Crippen LogP contribution in [0.1, 0.15) is 5.56 Å². The maximum Gasteiger partial charge on any atom is 0.282 e. The van der Waals surface area contributed by atoms with Crippen molar-refractivity contribution in [3.05, 3.63) is 91.6 Å². The summed E-state index contributed by atoms with van der Waals surface area (Å²) >= 11 is 6.75. The van der Waals surface area contributed by atoms with Gasteiger partial charge in [-0.15, -0.1) is 0 Å². The summed E-state index contributed by atoms with van der Waals surface area (Å²) in [5, 5.41) is 15.4. The van der Waals surface area contributed by atoms with E-state index in [0.29, 0.717) is 38.1 Å². The number of phenolic OH excluding ortho intramolecular Hbond substituents is 1. The molecule has 0 atom stereocenters. The van der Waals surface area contributed by atoms with E-state index in [1.54, 1.807) is 36.4 Å². The zero-order chi connectivity index (χ0) is 21.5. The van der Waals surface area contributed by atoms with Crippen molar-refractivity contribution in [2.24, 2.45) is 5.10 Å². The van der Waals surface area contributed by atoms with Crippen molar-refractivity contribution in [3.63, 3.8) is 0 Å². The smallest absolute Gasteiger partial charge is 0.282 e. The van der Waals surface area contributed by atoms with E-state index in [0.717, 1.165) is 9.86 Å². The summed E-state index contributed by atoms with van der Waals surface area (Å²) in [6.45, 7) is 0. The Morgan fingerprint density at radius 1 is 1.03 bits per heavy atom. The third-order valence-electron chi connectivity index (χ3n) is 4.75. The van der Waals surface area contributed by atoms with Gasteiger partial charge in [0, 0.05) is 9.86 Å². The Balaban J connectivity index is 1.73. The van der Waals surface area contributed by atoms with Crippen LogP contribution in [0.25, 0.3) is 33.5 Å². The topological polar surface area (TPSA) is 80.6 Å². The van der Waals surface area contributed by atoms with Gasteiger partial charge in [0.05, 0.1) is 21.6 Å². The average molecular weight is 539 g/mol. The minimum absolute atomic E-state index is 0.121. The monoisotopic (exact) mass is 537 g/mol. The van der Waals surface area contributed by atoms with Crippen LogP contribution < -0.4 is 5.56 Å². The van der Waals surface area contributed by atoms with Gasteiger partial charge < -0.3 is 9.52 Å². The van der Waals surface area contributed by atoms with Crippen molar-refractivity contribution in [3.8, 4) is 17.3 Å². The molecule has 8 heteroatoms. The standard InChI is InChI=1S/C23H13Br2N3O3/c24-15-6-8-20-14(10-15)11-21(31-20)22-27-18-4-2-1-3-16(18)23(30)28(22)26-12-13-5-7-19(29)17(25)9-13/h1-12,29H. The molecule has 0 saturated carbocycles. The lowest BCUT2D eigenvalue weighted by Gasteiger charge is -2.07. The van der Waals surface area contributed by atoms with E-state index >= 15 is 0 Å². The molecule has 0 unspecified atom stereocenters. The lowest BCUT2D eigenvalue weighted by molar-refractivity contribution is 0.472. The quantitative estimate of drug-likeness (QED) is 0.289. The van der Waals surface area contributed by atoms with Crippen LogP contribution in [0.5, 0.6) is 5.75 Å². The molecule has 3 aromatic carbocycles. The third kappa shape index (κ3) is 3.68. The molecule has 31 heavy (non-hydrogen) atoms. The van der Waals surface area contributed by atoms with Crippen LogP contribution in [-0.4, -0.2) is 21.0 Å². The molecule has 1 N–H and O–H groups in total. The summed E-state index contributed by atoms with van der Waals surface area (Å²) in [5.74, 6) is 0.848. The number of benzene rings is 3. The van der Waals surface area contributed by atoms with Gasteiger partial charge in [-0.1, -0.05) is 28.1 Å². The fourth-order valence-electron chi connectivity index (χ4n) is 3.24. The minimum Gasteiger partial charge on any atom is -0.507 e. The van der Waals surface area contributed by atoms with E-state index in [2.05, 4.69) is 41.9 Å². The maximum absolute atomic E-state index is 13.2. The summed E-state index contributed by atoms with van der Waals surface area (Å²) < 4.78 is 8.67. The van der Waals surface area contributed by atoms with Crippen molar-refractivity contribution in [1.82, 2.24) is 9.66 Å². The van der Waals surface area contributed by atoms with Gasteiger partial charge in [0.25, 0.3) is 5.56 Å². The number of fused-ring (bicyclic) bond motifs is 2. The molecule has 0 aliphatic heterocycles. The first-order chi connectivity index (χ1) is 15.0. The predicted molar refractivity (Wildman–Crippen MR) is 128 cm³/mol. The number of rotatable bonds is 3. The molecule has 0 aliphatic carbocycles. The average Bonchev–Trinajstić information content (AvgIpc) is 3.18. The fourth-order valence-corrected chi connectivity index (χ4v) is 4.02. The van der Waals surface area contributed by atoms with Gasteiger partial charge in [0.15, 0.2) is 5.76 Å². The van der Waals surface area contributed by atoms with E-state index in [-0.39, 0.29) is 11.3 Å². The zero-order valence-corrected chi connectivity index (χ0v) is 19.0.